The largest absolute Gasteiger partial charge is 0.462 e. The van der Waals surface area contributed by atoms with Gasteiger partial charge in [0, 0.05) is 21.2 Å². The van der Waals surface area contributed by atoms with Crippen LogP contribution in [-0.2, 0) is 4.74 Å². The van der Waals surface area contributed by atoms with Crippen molar-refractivity contribution < 1.29 is 9.53 Å². The molecule has 3 aromatic carbocycles. The molecule has 1 aromatic heterocycles. The summed E-state index contributed by atoms with van der Waals surface area (Å²) < 4.78 is 8.22. The van der Waals surface area contributed by atoms with E-state index < -0.39 is 0 Å². The molecular weight excluding hydrogens is 412 g/mol. The van der Waals surface area contributed by atoms with E-state index in [4.69, 9.17) is 4.74 Å². The fraction of sp³-hybridized carbons (Fsp3) is 0.345. The Hall–Kier alpha value is -2.65. The van der Waals surface area contributed by atoms with Gasteiger partial charge < -0.3 is 4.74 Å². The second-order valence-electron chi connectivity index (χ2n) is 8.44. The van der Waals surface area contributed by atoms with Crippen LogP contribution in [0.3, 0.4) is 0 Å². The molecule has 1 heterocycles. The van der Waals surface area contributed by atoms with Gasteiger partial charge in [-0.2, -0.15) is 0 Å². The van der Waals surface area contributed by atoms with Gasteiger partial charge in [-0.05, 0) is 48.9 Å². The Balaban J connectivity index is 1.44. The van der Waals surface area contributed by atoms with Crippen molar-refractivity contribution in [1.29, 1.82) is 0 Å². The molecular formula is C29H33O2S+. The maximum Gasteiger partial charge on any atom is 0.338 e. The number of carbonyl (C=O) groups is 1. The normalized spacial score (nSPS) is 11.8. The quantitative estimate of drug-likeness (QED) is 0.131. The zero-order valence-corrected chi connectivity index (χ0v) is 19.8. The van der Waals surface area contributed by atoms with E-state index in [1.807, 2.05) is 12.1 Å². The Kier molecular flexibility index (Phi) is 7.95. The standard InChI is InChI=1S/C29H33O2S/c1-2-3-4-5-6-7-8-14-21-31-29(30)23-19-20-28-26(22-23)25-17-12-13-18-27(25)32(28)24-15-10-9-11-16-24/h9-13,15-20,22H,2-8,14,21H2,1H3/q+1. The highest BCUT2D eigenvalue weighted by Gasteiger charge is 2.24. The van der Waals surface area contributed by atoms with Crippen LogP contribution in [0.25, 0.3) is 25.1 Å². The molecule has 1 unspecified atom stereocenters. The summed E-state index contributed by atoms with van der Waals surface area (Å²) in [6, 6.07) is 25.3. The lowest BCUT2D eigenvalue weighted by Crippen LogP contribution is -2.06. The molecule has 0 amide bonds. The smallest absolute Gasteiger partial charge is 0.338 e. The number of benzene rings is 3. The van der Waals surface area contributed by atoms with Crippen molar-refractivity contribution >= 4 is 36.6 Å². The second-order valence-corrected chi connectivity index (χ2v) is 10.4. The lowest BCUT2D eigenvalue weighted by atomic mass is 10.1. The predicted molar refractivity (Wildman–Crippen MR) is 138 cm³/mol. The van der Waals surface area contributed by atoms with Gasteiger partial charge in [0.2, 0.25) is 0 Å². The zero-order chi connectivity index (χ0) is 22.2. The Morgan fingerprint density at radius 1 is 0.719 bits per heavy atom. The van der Waals surface area contributed by atoms with Gasteiger partial charge in [0.1, 0.15) is 0 Å². The van der Waals surface area contributed by atoms with Crippen LogP contribution in [0.4, 0.5) is 0 Å². The van der Waals surface area contributed by atoms with E-state index in [0.29, 0.717) is 12.2 Å². The third kappa shape index (κ3) is 5.21. The fourth-order valence-corrected chi connectivity index (χ4v) is 6.71. The molecule has 3 heteroatoms. The molecule has 0 radical (unpaired) electrons. The van der Waals surface area contributed by atoms with Crippen molar-refractivity contribution in [2.24, 2.45) is 0 Å². The topological polar surface area (TPSA) is 26.3 Å². The average Bonchev–Trinajstić information content (AvgIpc) is 3.17. The lowest BCUT2D eigenvalue weighted by Gasteiger charge is -2.05. The average molecular weight is 446 g/mol. The minimum absolute atomic E-state index is 0.127. The Bertz CT molecular complexity index is 1160. The number of esters is 1. The van der Waals surface area contributed by atoms with E-state index in [9.17, 15) is 4.79 Å². The van der Waals surface area contributed by atoms with Gasteiger partial charge in [-0.1, -0.05) is 82.2 Å². The SMILES string of the molecule is CCCCCCCCCCOC(=O)c1ccc2c(c1)c1ccccc1[s+]2-c1ccccc1. The van der Waals surface area contributed by atoms with Gasteiger partial charge in [-0.3, -0.25) is 0 Å². The van der Waals surface area contributed by atoms with Crippen LogP contribution in [0, 0.1) is 0 Å². The van der Waals surface area contributed by atoms with E-state index in [-0.39, 0.29) is 16.4 Å². The van der Waals surface area contributed by atoms with Crippen molar-refractivity contribution in [3.8, 4) is 4.90 Å². The Morgan fingerprint density at radius 3 is 2.16 bits per heavy atom. The highest BCUT2D eigenvalue weighted by atomic mass is 32.2. The number of carbonyl (C=O) groups excluding carboxylic acids is 1. The van der Waals surface area contributed by atoms with E-state index in [1.54, 1.807) is 0 Å². The number of unbranched alkanes of at least 4 members (excludes halogenated alkanes) is 7. The number of hydrogen-bond donors (Lipinski definition) is 0. The maximum absolute atomic E-state index is 12.7. The van der Waals surface area contributed by atoms with Crippen LogP contribution in [0.5, 0.6) is 0 Å². The van der Waals surface area contributed by atoms with E-state index in [1.165, 1.54) is 58.2 Å². The van der Waals surface area contributed by atoms with Crippen LogP contribution < -0.4 is 0 Å². The number of ether oxygens (including phenoxy) is 1. The van der Waals surface area contributed by atoms with Crippen molar-refractivity contribution in [2.75, 3.05) is 6.61 Å². The third-order valence-electron chi connectivity index (χ3n) is 6.04. The molecule has 0 aliphatic heterocycles. The second kappa shape index (κ2) is 11.3. The predicted octanol–water partition coefficient (Wildman–Crippen LogP) is 9.03. The first-order valence-electron chi connectivity index (χ1n) is 12.0. The van der Waals surface area contributed by atoms with E-state index in [0.717, 1.165) is 18.2 Å². The highest BCUT2D eigenvalue weighted by Crippen LogP contribution is 2.48. The van der Waals surface area contributed by atoms with Crippen LogP contribution in [0.2, 0.25) is 0 Å². The van der Waals surface area contributed by atoms with Crippen LogP contribution in [-0.4, -0.2) is 12.6 Å². The Morgan fingerprint density at radius 2 is 1.38 bits per heavy atom. The molecule has 0 fully saturated rings. The van der Waals surface area contributed by atoms with E-state index >= 15 is 0 Å². The number of fused-ring (bicyclic) bond motifs is 3. The number of hydrogen-bond acceptors (Lipinski definition) is 2. The third-order valence-corrected chi connectivity index (χ3v) is 8.38. The fourth-order valence-electron chi connectivity index (χ4n) is 4.33. The van der Waals surface area contributed by atoms with Gasteiger partial charge in [0.05, 0.1) is 12.2 Å². The van der Waals surface area contributed by atoms with Crippen molar-refractivity contribution in [3.63, 3.8) is 0 Å². The summed E-state index contributed by atoms with van der Waals surface area (Å²) in [7, 11) is -0.127. The molecule has 0 bridgehead atoms. The monoisotopic (exact) mass is 445 g/mol. The Labute approximate surface area is 194 Å². The summed E-state index contributed by atoms with van der Waals surface area (Å²) in [6.45, 7) is 2.76. The number of rotatable bonds is 11. The minimum Gasteiger partial charge on any atom is -0.462 e. The van der Waals surface area contributed by atoms with Crippen LogP contribution in [0.15, 0.2) is 72.8 Å². The van der Waals surface area contributed by atoms with E-state index in [2.05, 4.69) is 67.6 Å². The van der Waals surface area contributed by atoms with Gasteiger partial charge in [-0.25, -0.2) is 4.79 Å². The zero-order valence-electron chi connectivity index (χ0n) is 19.0. The first-order valence-corrected chi connectivity index (χ1v) is 13.2. The molecule has 0 aliphatic carbocycles. The summed E-state index contributed by atoms with van der Waals surface area (Å²) in [5.41, 5.74) is 0.650. The first kappa shape index (κ1) is 22.5. The molecule has 0 aliphatic rings. The van der Waals surface area contributed by atoms with Crippen LogP contribution in [0.1, 0.15) is 68.6 Å². The molecule has 1 atom stereocenters. The summed E-state index contributed by atoms with van der Waals surface area (Å²) in [5.74, 6) is -0.209. The molecule has 2 nitrogen and oxygen atoms in total. The summed E-state index contributed by atoms with van der Waals surface area (Å²) in [4.78, 5) is 14.0. The van der Waals surface area contributed by atoms with Crippen LogP contribution >= 0.6 is 10.5 Å². The van der Waals surface area contributed by atoms with Crippen molar-refractivity contribution in [1.82, 2.24) is 0 Å². The molecule has 4 rings (SSSR count). The van der Waals surface area contributed by atoms with Crippen molar-refractivity contribution in [3.05, 3.63) is 78.4 Å². The summed E-state index contributed by atoms with van der Waals surface area (Å²) in [5, 5.41) is 2.39. The summed E-state index contributed by atoms with van der Waals surface area (Å²) >= 11 is 0. The van der Waals surface area contributed by atoms with Gasteiger partial charge in [-0.15, -0.1) is 0 Å². The molecule has 32 heavy (non-hydrogen) atoms. The first-order chi connectivity index (χ1) is 15.8. The van der Waals surface area contributed by atoms with Crippen molar-refractivity contribution in [2.45, 2.75) is 58.3 Å². The highest BCUT2D eigenvalue weighted by molar-refractivity contribution is 7.50. The lowest BCUT2D eigenvalue weighted by molar-refractivity contribution is 0.0498. The number of thiophene rings is 1. The summed E-state index contributed by atoms with van der Waals surface area (Å²) in [6.07, 6.45) is 9.92. The van der Waals surface area contributed by atoms with Gasteiger partial charge in [0.25, 0.3) is 0 Å². The maximum atomic E-state index is 12.7. The molecule has 166 valence electrons. The molecule has 0 N–H and O–H groups in total. The molecule has 0 saturated heterocycles. The van der Waals surface area contributed by atoms with Gasteiger partial charge >= 0.3 is 5.97 Å². The molecule has 4 aromatic rings. The minimum atomic E-state index is -0.209. The molecule has 0 saturated carbocycles. The van der Waals surface area contributed by atoms with Gasteiger partial charge in [0.15, 0.2) is 14.3 Å². The molecule has 0 spiro atoms.